The fourth-order valence-electron chi connectivity index (χ4n) is 1.78. The SMILES string of the molecule is O=S(=O)(CCN1CCNCC1)C1CC1. The van der Waals surface area contributed by atoms with Crippen LogP contribution in [0.2, 0.25) is 0 Å². The maximum atomic E-state index is 11.6. The highest BCUT2D eigenvalue weighted by atomic mass is 32.2. The van der Waals surface area contributed by atoms with E-state index < -0.39 is 9.84 Å². The fraction of sp³-hybridized carbons (Fsp3) is 1.00. The van der Waals surface area contributed by atoms with E-state index in [-0.39, 0.29) is 5.25 Å². The minimum atomic E-state index is -2.75. The molecule has 14 heavy (non-hydrogen) atoms. The van der Waals surface area contributed by atoms with Gasteiger partial charge in [-0.25, -0.2) is 8.42 Å². The third kappa shape index (κ3) is 2.68. The Hall–Kier alpha value is -0.130. The van der Waals surface area contributed by atoms with Gasteiger partial charge in [-0.15, -0.1) is 0 Å². The smallest absolute Gasteiger partial charge is 0.154 e. The predicted octanol–water partition coefficient (Wildman–Crippen LogP) is -0.531. The van der Waals surface area contributed by atoms with Gasteiger partial charge >= 0.3 is 0 Å². The standard InChI is InChI=1S/C9H18N2O2S/c12-14(13,9-1-2-9)8-7-11-5-3-10-4-6-11/h9-10H,1-8H2. The fourth-order valence-corrected chi connectivity index (χ4v) is 3.49. The summed E-state index contributed by atoms with van der Waals surface area (Å²) in [5.74, 6) is 0.359. The van der Waals surface area contributed by atoms with Crippen molar-refractivity contribution in [2.75, 3.05) is 38.5 Å². The van der Waals surface area contributed by atoms with Gasteiger partial charge < -0.3 is 5.32 Å². The first-order valence-corrected chi connectivity index (χ1v) is 7.05. The number of hydrogen-bond acceptors (Lipinski definition) is 4. The van der Waals surface area contributed by atoms with Crippen molar-refractivity contribution in [1.29, 1.82) is 0 Å². The highest BCUT2D eigenvalue weighted by Gasteiger charge is 2.35. The molecule has 1 saturated carbocycles. The van der Waals surface area contributed by atoms with Crippen LogP contribution in [-0.4, -0.2) is 57.0 Å². The number of piperazine rings is 1. The van der Waals surface area contributed by atoms with Crippen molar-refractivity contribution in [1.82, 2.24) is 10.2 Å². The molecule has 1 aliphatic heterocycles. The molecule has 0 spiro atoms. The lowest BCUT2D eigenvalue weighted by Gasteiger charge is -2.26. The Morgan fingerprint density at radius 1 is 1.21 bits per heavy atom. The van der Waals surface area contributed by atoms with Crippen molar-refractivity contribution < 1.29 is 8.42 Å². The quantitative estimate of drug-likeness (QED) is 0.689. The van der Waals surface area contributed by atoms with Gasteiger partial charge in [-0.2, -0.15) is 0 Å². The number of nitrogens with one attached hydrogen (secondary N) is 1. The van der Waals surface area contributed by atoms with Gasteiger partial charge in [0, 0.05) is 32.7 Å². The van der Waals surface area contributed by atoms with Crippen LogP contribution in [0.1, 0.15) is 12.8 Å². The van der Waals surface area contributed by atoms with Crippen LogP contribution >= 0.6 is 0 Å². The number of sulfone groups is 1. The topological polar surface area (TPSA) is 49.4 Å². The molecule has 0 aromatic rings. The normalized spacial score (nSPS) is 25.1. The van der Waals surface area contributed by atoms with E-state index >= 15 is 0 Å². The average Bonchev–Trinajstić information content (AvgIpc) is 3.00. The first kappa shape index (κ1) is 10.4. The monoisotopic (exact) mass is 218 g/mol. The first-order valence-electron chi connectivity index (χ1n) is 5.33. The molecule has 1 heterocycles. The van der Waals surface area contributed by atoms with E-state index in [9.17, 15) is 8.42 Å². The lowest BCUT2D eigenvalue weighted by atomic mass is 10.4. The van der Waals surface area contributed by atoms with Gasteiger partial charge in [0.25, 0.3) is 0 Å². The minimum Gasteiger partial charge on any atom is -0.314 e. The third-order valence-corrected chi connectivity index (χ3v) is 5.17. The van der Waals surface area contributed by atoms with E-state index in [0.29, 0.717) is 5.75 Å². The van der Waals surface area contributed by atoms with Gasteiger partial charge in [0.1, 0.15) is 0 Å². The molecule has 0 bridgehead atoms. The second-order valence-electron chi connectivity index (χ2n) is 4.16. The van der Waals surface area contributed by atoms with Crippen LogP contribution in [-0.2, 0) is 9.84 Å². The number of hydrogen-bond donors (Lipinski definition) is 1. The molecule has 0 aromatic carbocycles. The molecule has 5 heteroatoms. The molecule has 0 aromatic heterocycles. The van der Waals surface area contributed by atoms with Gasteiger partial charge in [-0.3, -0.25) is 4.90 Å². The van der Waals surface area contributed by atoms with Crippen LogP contribution in [0.15, 0.2) is 0 Å². The second-order valence-corrected chi connectivity index (χ2v) is 6.56. The van der Waals surface area contributed by atoms with Gasteiger partial charge in [0.2, 0.25) is 0 Å². The second kappa shape index (κ2) is 4.16. The molecule has 0 radical (unpaired) electrons. The van der Waals surface area contributed by atoms with Crippen molar-refractivity contribution in [3.8, 4) is 0 Å². The largest absolute Gasteiger partial charge is 0.314 e. The van der Waals surface area contributed by atoms with E-state index in [1.807, 2.05) is 0 Å². The van der Waals surface area contributed by atoms with Crippen molar-refractivity contribution in [2.45, 2.75) is 18.1 Å². The summed E-state index contributed by atoms with van der Waals surface area (Å²) < 4.78 is 23.2. The van der Waals surface area contributed by atoms with E-state index in [2.05, 4.69) is 10.2 Å². The zero-order chi connectivity index (χ0) is 10.0. The molecule has 2 fully saturated rings. The Balaban J connectivity index is 1.75. The molecular weight excluding hydrogens is 200 g/mol. The Morgan fingerprint density at radius 3 is 2.43 bits per heavy atom. The predicted molar refractivity (Wildman–Crippen MR) is 56.1 cm³/mol. The van der Waals surface area contributed by atoms with Gasteiger partial charge in [0.15, 0.2) is 9.84 Å². The van der Waals surface area contributed by atoms with Crippen LogP contribution in [0.4, 0.5) is 0 Å². The average molecular weight is 218 g/mol. The molecule has 0 unspecified atom stereocenters. The Morgan fingerprint density at radius 2 is 1.86 bits per heavy atom. The summed E-state index contributed by atoms with van der Waals surface area (Å²) in [4.78, 5) is 2.23. The Kier molecular flexibility index (Phi) is 3.09. The lowest BCUT2D eigenvalue weighted by Crippen LogP contribution is -2.45. The van der Waals surface area contributed by atoms with Crippen LogP contribution in [0.3, 0.4) is 0 Å². The summed E-state index contributed by atoms with van der Waals surface area (Å²) in [6.07, 6.45) is 1.79. The summed E-state index contributed by atoms with van der Waals surface area (Å²) in [5.41, 5.74) is 0. The van der Waals surface area contributed by atoms with E-state index in [0.717, 1.165) is 45.6 Å². The maximum Gasteiger partial charge on any atom is 0.154 e. The summed E-state index contributed by atoms with van der Waals surface area (Å²) in [6, 6.07) is 0. The summed E-state index contributed by atoms with van der Waals surface area (Å²) in [7, 11) is -2.75. The van der Waals surface area contributed by atoms with E-state index in [4.69, 9.17) is 0 Å². The highest BCUT2D eigenvalue weighted by Crippen LogP contribution is 2.28. The van der Waals surface area contributed by atoms with Gasteiger partial charge in [0.05, 0.1) is 11.0 Å². The number of nitrogens with zero attached hydrogens (tertiary/aromatic N) is 1. The van der Waals surface area contributed by atoms with Crippen LogP contribution in [0.25, 0.3) is 0 Å². The van der Waals surface area contributed by atoms with E-state index in [1.54, 1.807) is 0 Å². The molecule has 0 atom stereocenters. The first-order chi connectivity index (χ1) is 6.68. The zero-order valence-corrected chi connectivity index (χ0v) is 9.22. The molecule has 82 valence electrons. The van der Waals surface area contributed by atoms with Crippen molar-refractivity contribution >= 4 is 9.84 Å². The molecule has 2 aliphatic rings. The summed E-state index contributed by atoms with van der Waals surface area (Å²) in [5, 5.41) is 3.26. The molecule has 0 amide bonds. The molecule has 1 saturated heterocycles. The van der Waals surface area contributed by atoms with Crippen molar-refractivity contribution in [3.05, 3.63) is 0 Å². The van der Waals surface area contributed by atoms with Crippen LogP contribution in [0, 0.1) is 0 Å². The van der Waals surface area contributed by atoms with Crippen LogP contribution in [0.5, 0.6) is 0 Å². The zero-order valence-electron chi connectivity index (χ0n) is 8.41. The highest BCUT2D eigenvalue weighted by molar-refractivity contribution is 7.92. The summed E-state index contributed by atoms with van der Waals surface area (Å²) >= 11 is 0. The molecule has 1 aliphatic carbocycles. The molecule has 4 nitrogen and oxygen atoms in total. The van der Waals surface area contributed by atoms with Gasteiger partial charge in [-0.05, 0) is 12.8 Å². The molecule has 1 N–H and O–H groups in total. The van der Waals surface area contributed by atoms with E-state index in [1.165, 1.54) is 0 Å². The van der Waals surface area contributed by atoms with Crippen LogP contribution < -0.4 is 5.32 Å². The number of rotatable bonds is 4. The van der Waals surface area contributed by atoms with Gasteiger partial charge in [-0.1, -0.05) is 0 Å². The Labute approximate surface area is 85.6 Å². The summed E-state index contributed by atoms with van der Waals surface area (Å²) in [6.45, 7) is 4.67. The van der Waals surface area contributed by atoms with Crippen molar-refractivity contribution in [3.63, 3.8) is 0 Å². The third-order valence-electron chi connectivity index (χ3n) is 2.93. The molecular formula is C9H18N2O2S. The minimum absolute atomic E-state index is 0.00501. The molecule has 2 rings (SSSR count). The maximum absolute atomic E-state index is 11.6. The lowest BCUT2D eigenvalue weighted by molar-refractivity contribution is 0.254. The van der Waals surface area contributed by atoms with Crippen molar-refractivity contribution in [2.24, 2.45) is 0 Å². The Bertz CT molecular complexity index is 279.